The third kappa shape index (κ3) is 3.60. The second kappa shape index (κ2) is 8.08. The molecule has 4 heterocycles. The molecule has 3 N–H and O–H groups in total. The van der Waals surface area contributed by atoms with E-state index in [1.807, 2.05) is 27.1 Å². The van der Waals surface area contributed by atoms with Crippen LogP contribution in [0.1, 0.15) is 47.9 Å². The molecule has 11 nitrogen and oxygen atoms in total. The van der Waals surface area contributed by atoms with E-state index in [1.165, 1.54) is 6.20 Å². The van der Waals surface area contributed by atoms with Gasteiger partial charge in [0.05, 0.1) is 41.1 Å². The molecule has 0 unspecified atom stereocenters. The normalized spacial score (nSPS) is 20.7. The number of primary amides is 1. The number of aromatic nitrogens is 5. The van der Waals surface area contributed by atoms with E-state index in [9.17, 15) is 14.9 Å². The Morgan fingerprint density at radius 1 is 1.31 bits per heavy atom. The predicted octanol–water partition coefficient (Wildman–Crippen LogP) is 1.80. The molecule has 2 fully saturated rings. The summed E-state index contributed by atoms with van der Waals surface area (Å²) in [5.41, 5.74) is 9.50. The van der Waals surface area contributed by atoms with Crippen LogP contribution in [0.5, 0.6) is 0 Å². The monoisotopic (exact) mass is 475 g/mol. The molecule has 1 aliphatic carbocycles. The van der Waals surface area contributed by atoms with Gasteiger partial charge in [-0.3, -0.25) is 14.3 Å². The van der Waals surface area contributed by atoms with E-state index >= 15 is 0 Å². The second-order valence-electron chi connectivity index (χ2n) is 9.68. The Balaban J connectivity index is 1.53. The molecule has 1 aliphatic heterocycles. The van der Waals surface area contributed by atoms with Gasteiger partial charge in [0.15, 0.2) is 5.65 Å². The lowest BCUT2D eigenvalue weighted by Crippen LogP contribution is -2.36. The number of nitrogens with two attached hydrogens (primary N) is 1. The number of rotatable bonds is 6. The van der Waals surface area contributed by atoms with E-state index in [0.29, 0.717) is 43.0 Å². The van der Waals surface area contributed by atoms with E-state index in [2.05, 4.69) is 28.5 Å². The van der Waals surface area contributed by atoms with Crippen molar-refractivity contribution in [1.29, 1.82) is 5.26 Å². The number of nitrogens with zero attached hydrogens (tertiary/aromatic N) is 7. The number of aryl methyl sites for hydroxylation is 2. The number of hydrogen-bond acceptors (Lipinski definition) is 7. The Morgan fingerprint density at radius 3 is 2.63 bits per heavy atom. The molecule has 2 amide bonds. The molecule has 11 heteroatoms. The summed E-state index contributed by atoms with van der Waals surface area (Å²) in [5.74, 6) is -0.552. The van der Waals surface area contributed by atoms with Crippen LogP contribution in [0.4, 0.5) is 5.69 Å². The van der Waals surface area contributed by atoms with Gasteiger partial charge in [-0.2, -0.15) is 15.5 Å². The fourth-order valence-electron chi connectivity index (χ4n) is 5.13. The fourth-order valence-corrected chi connectivity index (χ4v) is 5.13. The number of imidazole rings is 1. The standard InChI is InChI=1S/C24H29N9O2/c1-5-15-9-32(23(35)24(12-25)6-7-24)10-17(15)28-20-16(21(26)34)8-27-33-11-18(29-22(20)33)19-13(2)30-31(4)14(19)3/h8,11,15,17,28H,5-7,9-10H2,1-4H3,(H2,26,34)/t15-,17+/m1/s1. The van der Waals surface area contributed by atoms with Crippen LogP contribution in [0.2, 0.25) is 0 Å². The quantitative estimate of drug-likeness (QED) is 0.552. The first kappa shape index (κ1) is 22.8. The number of anilines is 1. The van der Waals surface area contributed by atoms with Crippen LogP contribution in [-0.4, -0.2) is 60.2 Å². The zero-order chi connectivity index (χ0) is 25.1. The molecule has 2 atom stereocenters. The molecular weight excluding hydrogens is 446 g/mol. The molecule has 3 aromatic heterocycles. The molecular formula is C24H29N9O2. The summed E-state index contributed by atoms with van der Waals surface area (Å²) in [4.78, 5) is 31.9. The maximum Gasteiger partial charge on any atom is 0.252 e. The highest BCUT2D eigenvalue weighted by atomic mass is 16.2. The van der Waals surface area contributed by atoms with Crippen molar-refractivity contribution in [2.45, 2.75) is 46.1 Å². The molecule has 0 radical (unpaired) electrons. The predicted molar refractivity (Wildman–Crippen MR) is 128 cm³/mol. The van der Waals surface area contributed by atoms with Crippen molar-refractivity contribution >= 4 is 23.1 Å². The zero-order valence-corrected chi connectivity index (χ0v) is 20.4. The first-order valence-electron chi connectivity index (χ1n) is 11.8. The van der Waals surface area contributed by atoms with Crippen LogP contribution in [-0.2, 0) is 11.8 Å². The van der Waals surface area contributed by atoms with Crippen molar-refractivity contribution in [1.82, 2.24) is 29.3 Å². The molecule has 35 heavy (non-hydrogen) atoms. The molecule has 182 valence electrons. The zero-order valence-electron chi connectivity index (χ0n) is 20.4. The van der Waals surface area contributed by atoms with Crippen LogP contribution >= 0.6 is 0 Å². The number of nitrogens with one attached hydrogen (secondary N) is 1. The molecule has 3 aromatic rings. The Hall–Kier alpha value is -3.94. The lowest BCUT2D eigenvalue weighted by atomic mass is 10.0. The topological polar surface area (TPSA) is 147 Å². The van der Waals surface area contributed by atoms with Gasteiger partial charge in [0.25, 0.3) is 5.91 Å². The minimum atomic E-state index is -0.854. The highest BCUT2D eigenvalue weighted by Gasteiger charge is 2.54. The van der Waals surface area contributed by atoms with Gasteiger partial charge < -0.3 is 16.0 Å². The SMILES string of the molecule is CC[C@@H]1CN(C(=O)C2(C#N)CC2)C[C@@H]1Nc1c(C(N)=O)cnn2cc(-c3c(C)nn(C)c3C)nc12. The van der Waals surface area contributed by atoms with Gasteiger partial charge >= 0.3 is 0 Å². The lowest BCUT2D eigenvalue weighted by Gasteiger charge is -2.21. The molecule has 0 spiro atoms. The van der Waals surface area contributed by atoms with E-state index in [1.54, 1.807) is 14.1 Å². The van der Waals surface area contributed by atoms with Crippen LogP contribution in [0.25, 0.3) is 16.9 Å². The number of fused-ring (bicyclic) bond motifs is 1. The third-order valence-corrected chi connectivity index (χ3v) is 7.48. The van der Waals surface area contributed by atoms with Crippen molar-refractivity contribution in [3.8, 4) is 17.3 Å². The second-order valence-corrected chi connectivity index (χ2v) is 9.68. The molecule has 0 bridgehead atoms. The average Bonchev–Trinajstić information content (AvgIpc) is 3.22. The molecule has 1 saturated heterocycles. The summed E-state index contributed by atoms with van der Waals surface area (Å²) in [6.07, 6.45) is 5.33. The van der Waals surface area contributed by atoms with E-state index in [0.717, 1.165) is 23.4 Å². The summed E-state index contributed by atoms with van der Waals surface area (Å²) in [7, 11) is 1.88. The van der Waals surface area contributed by atoms with Crippen molar-refractivity contribution in [3.63, 3.8) is 0 Å². The van der Waals surface area contributed by atoms with Gasteiger partial charge in [0.1, 0.15) is 5.41 Å². The summed E-state index contributed by atoms with van der Waals surface area (Å²) < 4.78 is 3.43. The Kier molecular flexibility index (Phi) is 5.27. The molecule has 2 aliphatic rings. The first-order chi connectivity index (χ1) is 16.7. The van der Waals surface area contributed by atoms with Crippen LogP contribution in [0, 0.1) is 36.5 Å². The number of amides is 2. The number of carbonyl (C=O) groups excluding carboxylic acids is 2. The molecule has 0 aromatic carbocycles. The lowest BCUT2D eigenvalue weighted by molar-refractivity contribution is -0.134. The van der Waals surface area contributed by atoms with E-state index in [4.69, 9.17) is 10.7 Å². The van der Waals surface area contributed by atoms with Gasteiger partial charge in [0.2, 0.25) is 5.91 Å². The minimum absolute atomic E-state index is 0.0941. The first-order valence-corrected chi connectivity index (χ1v) is 11.8. The minimum Gasteiger partial charge on any atom is -0.376 e. The Morgan fingerprint density at radius 2 is 2.06 bits per heavy atom. The maximum atomic E-state index is 13.0. The van der Waals surface area contributed by atoms with Gasteiger partial charge in [-0.1, -0.05) is 6.92 Å². The highest BCUT2D eigenvalue weighted by molar-refractivity contribution is 6.01. The van der Waals surface area contributed by atoms with Gasteiger partial charge in [-0.15, -0.1) is 0 Å². The molecule has 5 rings (SSSR count). The van der Waals surface area contributed by atoms with Crippen LogP contribution < -0.4 is 11.1 Å². The smallest absolute Gasteiger partial charge is 0.252 e. The summed E-state index contributed by atoms with van der Waals surface area (Å²) in [6, 6.07) is 2.08. The Labute approximate surface area is 202 Å². The van der Waals surface area contributed by atoms with E-state index in [-0.39, 0.29) is 23.4 Å². The number of likely N-dealkylation sites (tertiary alicyclic amines) is 1. The summed E-state index contributed by atoms with van der Waals surface area (Å²) in [6.45, 7) is 6.99. The van der Waals surface area contributed by atoms with Crippen molar-refractivity contribution in [2.24, 2.45) is 24.1 Å². The highest BCUT2D eigenvalue weighted by Crippen LogP contribution is 2.47. The van der Waals surface area contributed by atoms with Gasteiger partial charge in [0, 0.05) is 37.4 Å². The largest absolute Gasteiger partial charge is 0.376 e. The van der Waals surface area contributed by atoms with Crippen LogP contribution in [0.3, 0.4) is 0 Å². The van der Waals surface area contributed by atoms with Gasteiger partial charge in [-0.05, 0) is 39.0 Å². The molecule has 1 saturated carbocycles. The number of hydrogen-bond donors (Lipinski definition) is 2. The van der Waals surface area contributed by atoms with Crippen molar-refractivity contribution < 1.29 is 9.59 Å². The van der Waals surface area contributed by atoms with Crippen LogP contribution in [0.15, 0.2) is 12.4 Å². The number of carbonyl (C=O) groups is 2. The number of nitriles is 1. The van der Waals surface area contributed by atoms with Gasteiger partial charge in [-0.25, -0.2) is 9.50 Å². The maximum absolute atomic E-state index is 13.0. The van der Waals surface area contributed by atoms with E-state index < -0.39 is 11.3 Å². The fraction of sp³-hybridized carbons (Fsp3) is 0.500. The third-order valence-electron chi connectivity index (χ3n) is 7.48. The van der Waals surface area contributed by atoms with Crippen molar-refractivity contribution in [2.75, 3.05) is 18.4 Å². The summed E-state index contributed by atoms with van der Waals surface area (Å²) in [5, 5.41) is 21.8. The Bertz CT molecular complexity index is 1390. The van der Waals surface area contributed by atoms with Crippen molar-refractivity contribution in [3.05, 3.63) is 29.3 Å². The summed E-state index contributed by atoms with van der Waals surface area (Å²) >= 11 is 0. The average molecular weight is 476 g/mol.